The molecule has 22 heavy (non-hydrogen) atoms. The first kappa shape index (κ1) is 16.7. The number of aliphatic hydroxyl groups excluding tert-OH is 1. The third-order valence-corrected chi connectivity index (χ3v) is 4.32. The molecule has 0 radical (unpaired) electrons. The average molecular weight is 305 g/mol. The summed E-state index contributed by atoms with van der Waals surface area (Å²) in [5, 5.41) is 21.5. The van der Waals surface area contributed by atoms with Gasteiger partial charge < -0.3 is 10.4 Å². The van der Waals surface area contributed by atoms with Crippen molar-refractivity contribution in [3.8, 4) is 0 Å². The van der Waals surface area contributed by atoms with E-state index in [1.165, 1.54) is 11.1 Å². The first-order valence-corrected chi connectivity index (χ1v) is 7.82. The predicted molar refractivity (Wildman–Crippen MR) is 86.8 cm³/mol. The number of hydrogen-bond donors (Lipinski definition) is 2. The first-order valence-electron chi connectivity index (χ1n) is 7.82. The quantitative estimate of drug-likeness (QED) is 0.817. The van der Waals surface area contributed by atoms with Crippen LogP contribution in [0.2, 0.25) is 0 Å². The molecule has 0 aliphatic heterocycles. The summed E-state index contributed by atoms with van der Waals surface area (Å²) >= 11 is 0. The van der Waals surface area contributed by atoms with Gasteiger partial charge in [0.15, 0.2) is 0 Å². The molecule has 2 aromatic heterocycles. The van der Waals surface area contributed by atoms with Gasteiger partial charge in [-0.25, -0.2) is 0 Å². The summed E-state index contributed by atoms with van der Waals surface area (Å²) < 4.78 is 3.87. The maximum absolute atomic E-state index is 9.08. The molecule has 2 atom stereocenters. The number of nitrogens with one attached hydrogen (secondary N) is 1. The van der Waals surface area contributed by atoms with Crippen LogP contribution in [0, 0.1) is 20.8 Å². The van der Waals surface area contributed by atoms with Gasteiger partial charge in [0.2, 0.25) is 0 Å². The summed E-state index contributed by atoms with van der Waals surface area (Å²) in [7, 11) is 0. The first-order chi connectivity index (χ1) is 10.4. The standard InChI is InChI=1S/C16H27N5O/c1-11-8-18-21(10-11)14(4)12(2)17-9-16-13(3)19-20(6-7-22)15(16)5/h8,10,12,14,17,22H,6-7,9H2,1-5H3. The van der Waals surface area contributed by atoms with Gasteiger partial charge in [0.25, 0.3) is 0 Å². The van der Waals surface area contributed by atoms with E-state index >= 15 is 0 Å². The molecule has 0 saturated carbocycles. The van der Waals surface area contributed by atoms with Gasteiger partial charge in [-0.05, 0) is 40.2 Å². The van der Waals surface area contributed by atoms with E-state index in [-0.39, 0.29) is 12.6 Å². The van der Waals surface area contributed by atoms with Gasteiger partial charge in [0, 0.05) is 30.0 Å². The van der Waals surface area contributed by atoms with E-state index in [0.29, 0.717) is 12.6 Å². The number of nitrogens with zero attached hydrogens (tertiary/aromatic N) is 4. The summed E-state index contributed by atoms with van der Waals surface area (Å²) in [5.41, 5.74) is 4.53. The Hall–Kier alpha value is -1.66. The predicted octanol–water partition coefficient (Wildman–Crippen LogP) is 1.74. The van der Waals surface area contributed by atoms with Crippen LogP contribution in [-0.4, -0.2) is 37.3 Å². The van der Waals surface area contributed by atoms with Crippen molar-refractivity contribution in [3.63, 3.8) is 0 Å². The summed E-state index contributed by atoms with van der Waals surface area (Å²) in [6, 6.07) is 0.570. The highest BCUT2D eigenvalue weighted by Gasteiger charge is 2.17. The molecule has 0 saturated heterocycles. The lowest BCUT2D eigenvalue weighted by molar-refractivity contribution is 0.267. The maximum Gasteiger partial charge on any atom is 0.0644 e. The largest absolute Gasteiger partial charge is 0.394 e. The molecule has 2 heterocycles. The van der Waals surface area contributed by atoms with Crippen LogP contribution < -0.4 is 5.32 Å². The Morgan fingerprint density at radius 3 is 2.59 bits per heavy atom. The van der Waals surface area contributed by atoms with Gasteiger partial charge in [-0.1, -0.05) is 0 Å². The summed E-state index contributed by atoms with van der Waals surface area (Å²) in [6.07, 6.45) is 3.95. The fourth-order valence-electron chi connectivity index (χ4n) is 2.62. The highest BCUT2D eigenvalue weighted by atomic mass is 16.3. The lowest BCUT2D eigenvalue weighted by Crippen LogP contribution is -2.33. The topological polar surface area (TPSA) is 67.9 Å². The van der Waals surface area contributed by atoms with Crippen LogP contribution in [-0.2, 0) is 13.1 Å². The van der Waals surface area contributed by atoms with E-state index < -0.39 is 0 Å². The molecule has 6 heteroatoms. The molecule has 0 aromatic carbocycles. The molecular formula is C16H27N5O. The molecule has 2 aromatic rings. The minimum atomic E-state index is 0.112. The number of aliphatic hydroxyl groups is 1. The Labute approximate surface area is 132 Å². The third-order valence-electron chi connectivity index (χ3n) is 4.32. The summed E-state index contributed by atoms with van der Waals surface area (Å²) in [5.74, 6) is 0. The molecule has 0 aliphatic carbocycles. The molecule has 2 rings (SSSR count). The summed E-state index contributed by atoms with van der Waals surface area (Å²) in [6.45, 7) is 11.9. The summed E-state index contributed by atoms with van der Waals surface area (Å²) in [4.78, 5) is 0. The van der Waals surface area contributed by atoms with E-state index in [1.54, 1.807) is 0 Å². The van der Waals surface area contributed by atoms with Crippen LogP contribution in [0.5, 0.6) is 0 Å². The van der Waals surface area contributed by atoms with Crippen LogP contribution in [0.4, 0.5) is 0 Å². The Morgan fingerprint density at radius 2 is 2.00 bits per heavy atom. The van der Waals surface area contributed by atoms with Gasteiger partial charge >= 0.3 is 0 Å². The fraction of sp³-hybridized carbons (Fsp3) is 0.625. The van der Waals surface area contributed by atoms with Crippen LogP contribution >= 0.6 is 0 Å². The van der Waals surface area contributed by atoms with Crippen LogP contribution in [0.3, 0.4) is 0 Å². The van der Waals surface area contributed by atoms with E-state index in [4.69, 9.17) is 5.11 Å². The van der Waals surface area contributed by atoms with Crippen molar-refractivity contribution in [1.29, 1.82) is 0 Å². The minimum absolute atomic E-state index is 0.112. The number of hydrogen-bond acceptors (Lipinski definition) is 4. The molecule has 122 valence electrons. The zero-order valence-electron chi connectivity index (χ0n) is 14.2. The zero-order chi connectivity index (χ0) is 16.3. The SMILES string of the molecule is Cc1cnn(C(C)C(C)NCc2c(C)nn(CCO)c2C)c1. The Morgan fingerprint density at radius 1 is 1.27 bits per heavy atom. The molecule has 0 fully saturated rings. The molecule has 2 N–H and O–H groups in total. The highest BCUT2D eigenvalue weighted by Crippen LogP contribution is 2.15. The Bertz CT molecular complexity index is 616. The second-order valence-electron chi connectivity index (χ2n) is 6.00. The third kappa shape index (κ3) is 3.56. The normalized spacial score (nSPS) is 14.3. The number of aryl methyl sites for hydroxylation is 2. The van der Waals surface area contributed by atoms with Gasteiger partial charge in [0.05, 0.1) is 31.1 Å². The van der Waals surface area contributed by atoms with Crippen LogP contribution in [0.15, 0.2) is 12.4 Å². The average Bonchev–Trinajstić information content (AvgIpc) is 3.02. The van der Waals surface area contributed by atoms with E-state index in [1.807, 2.05) is 22.5 Å². The minimum Gasteiger partial charge on any atom is -0.394 e. The number of rotatable bonds is 7. The van der Waals surface area contributed by atoms with Gasteiger partial charge in [-0.2, -0.15) is 10.2 Å². The monoisotopic (exact) mass is 305 g/mol. The van der Waals surface area contributed by atoms with Crippen molar-refractivity contribution < 1.29 is 5.11 Å². The number of aromatic nitrogens is 4. The lowest BCUT2D eigenvalue weighted by atomic mass is 10.1. The van der Waals surface area contributed by atoms with Gasteiger partial charge in [-0.3, -0.25) is 9.36 Å². The van der Waals surface area contributed by atoms with E-state index in [9.17, 15) is 0 Å². The van der Waals surface area contributed by atoms with E-state index in [2.05, 4.69) is 49.4 Å². The molecule has 0 amide bonds. The Balaban J connectivity index is 2.00. The smallest absolute Gasteiger partial charge is 0.0644 e. The highest BCUT2D eigenvalue weighted by molar-refractivity contribution is 5.24. The van der Waals surface area contributed by atoms with Crippen LogP contribution in [0.1, 0.15) is 42.4 Å². The van der Waals surface area contributed by atoms with Gasteiger partial charge in [-0.15, -0.1) is 0 Å². The van der Waals surface area contributed by atoms with Crippen molar-refractivity contribution in [2.24, 2.45) is 0 Å². The molecule has 6 nitrogen and oxygen atoms in total. The van der Waals surface area contributed by atoms with Crippen LogP contribution in [0.25, 0.3) is 0 Å². The fourth-order valence-corrected chi connectivity index (χ4v) is 2.62. The second-order valence-corrected chi connectivity index (χ2v) is 6.00. The van der Waals surface area contributed by atoms with Crippen molar-refractivity contribution in [1.82, 2.24) is 24.9 Å². The Kier molecular flexibility index (Phi) is 5.37. The zero-order valence-corrected chi connectivity index (χ0v) is 14.2. The molecular weight excluding hydrogens is 278 g/mol. The van der Waals surface area contributed by atoms with Gasteiger partial charge in [0.1, 0.15) is 0 Å². The van der Waals surface area contributed by atoms with Crippen molar-refractivity contribution in [3.05, 3.63) is 34.9 Å². The van der Waals surface area contributed by atoms with Crippen molar-refractivity contribution >= 4 is 0 Å². The molecule has 0 bridgehead atoms. The lowest BCUT2D eigenvalue weighted by Gasteiger charge is -2.22. The van der Waals surface area contributed by atoms with Crippen molar-refractivity contribution in [2.75, 3.05) is 6.61 Å². The molecule has 2 unspecified atom stereocenters. The molecule has 0 spiro atoms. The maximum atomic E-state index is 9.08. The second kappa shape index (κ2) is 7.07. The van der Waals surface area contributed by atoms with E-state index in [0.717, 1.165) is 17.9 Å². The van der Waals surface area contributed by atoms with Crippen molar-refractivity contribution in [2.45, 2.75) is 59.8 Å². The molecule has 0 aliphatic rings.